The summed E-state index contributed by atoms with van der Waals surface area (Å²) in [6.45, 7) is 1.02. The highest BCUT2D eigenvalue weighted by Gasteiger charge is 2.21. The Morgan fingerprint density at radius 3 is 2.17 bits per heavy atom. The molecular formula is C16H15N3O8S2. The number of carbonyl (C=O) groups excluding carboxylic acids is 2. The number of anilines is 2. The molecule has 1 heterocycles. The molecule has 154 valence electrons. The molecular weight excluding hydrogens is 426 g/mol. The highest BCUT2D eigenvalue weighted by Crippen LogP contribution is 2.28. The first-order valence-corrected chi connectivity index (χ1v) is 10.1. The highest BCUT2D eigenvalue weighted by atomic mass is 32.2. The zero-order valence-electron chi connectivity index (χ0n) is 14.8. The number of benzene rings is 1. The Labute approximate surface area is 168 Å². The third-order valence-electron chi connectivity index (χ3n) is 3.36. The molecule has 2 amide bonds. The zero-order chi connectivity index (χ0) is 21.8. The van der Waals surface area contributed by atoms with Crippen molar-refractivity contribution in [3.8, 4) is 0 Å². The number of rotatable bonds is 7. The van der Waals surface area contributed by atoms with Crippen LogP contribution >= 0.6 is 11.3 Å². The largest absolute Gasteiger partial charge is 0.478 e. The van der Waals surface area contributed by atoms with Crippen LogP contribution in [0.5, 0.6) is 0 Å². The first kappa shape index (κ1) is 22.0. The van der Waals surface area contributed by atoms with Crippen molar-refractivity contribution in [2.24, 2.45) is 0 Å². The molecule has 0 fully saturated rings. The van der Waals surface area contributed by atoms with Gasteiger partial charge in [-0.25, -0.2) is 22.7 Å². The van der Waals surface area contributed by atoms with E-state index in [2.05, 4.69) is 10.0 Å². The molecule has 1 aromatic carbocycles. The molecule has 5 N–H and O–H groups in total. The quantitative estimate of drug-likeness (QED) is 0.393. The average Bonchev–Trinajstić information content (AvgIpc) is 3.03. The van der Waals surface area contributed by atoms with Gasteiger partial charge in [0.25, 0.3) is 0 Å². The summed E-state index contributed by atoms with van der Waals surface area (Å²) in [7, 11) is -3.95. The summed E-state index contributed by atoms with van der Waals surface area (Å²) in [6, 6.07) is 6.51. The summed E-state index contributed by atoms with van der Waals surface area (Å²) in [5.74, 6) is -4.93. The summed E-state index contributed by atoms with van der Waals surface area (Å²) in [5, 5.41) is 22.0. The third kappa shape index (κ3) is 5.84. The Bertz CT molecular complexity index is 1070. The molecule has 0 spiro atoms. The molecule has 2 aromatic rings. The second kappa shape index (κ2) is 8.81. The van der Waals surface area contributed by atoms with Crippen LogP contribution in [0.4, 0.5) is 10.7 Å². The van der Waals surface area contributed by atoms with Gasteiger partial charge in [0.15, 0.2) is 0 Å². The van der Waals surface area contributed by atoms with Gasteiger partial charge in [-0.1, -0.05) is 0 Å². The lowest BCUT2D eigenvalue weighted by Crippen LogP contribution is -2.22. The van der Waals surface area contributed by atoms with E-state index in [9.17, 15) is 27.6 Å². The Hall–Kier alpha value is -3.29. The number of nitrogens with one attached hydrogen (secondary N) is 3. The number of hydrogen-bond acceptors (Lipinski definition) is 7. The molecule has 1 aromatic heterocycles. The summed E-state index contributed by atoms with van der Waals surface area (Å²) in [4.78, 5) is 44.3. The minimum absolute atomic E-state index is 0.0824. The summed E-state index contributed by atoms with van der Waals surface area (Å²) in [6.07, 6.45) is 0. The van der Waals surface area contributed by atoms with E-state index in [1.807, 2.05) is 5.32 Å². The Morgan fingerprint density at radius 1 is 1.03 bits per heavy atom. The van der Waals surface area contributed by atoms with Crippen molar-refractivity contribution >= 4 is 55.8 Å². The number of hydrogen-bond donors (Lipinski definition) is 5. The van der Waals surface area contributed by atoms with Gasteiger partial charge in [-0.15, -0.1) is 11.3 Å². The molecule has 13 heteroatoms. The van der Waals surface area contributed by atoms with Crippen LogP contribution in [0.25, 0.3) is 0 Å². The molecule has 0 aliphatic heterocycles. The fourth-order valence-electron chi connectivity index (χ4n) is 2.11. The van der Waals surface area contributed by atoms with Gasteiger partial charge in [-0.05, 0) is 30.3 Å². The van der Waals surface area contributed by atoms with Crippen molar-refractivity contribution in [1.29, 1.82) is 0 Å². The van der Waals surface area contributed by atoms with E-state index in [1.165, 1.54) is 31.2 Å². The van der Waals surface area contributed by atoms with Gasteiger partial charge < -0.3 is 20.8 Å². The van der Waals surface area contributed by atoms with E-state index < -0.39 is 27.9 Å². The maximum atomic E-state index is 12.4. The smallest absolute Gasteiger partial charge is 0.394 e. The lowest BCUT2D eigenvalue weighted by atomic mass is 10.3. The van der Waals surface area contributed by atoms with Crippen LogP contribution in [0.1, 0.15) is 22.2 Å². The van der Waals surface area contributed by atoms with Crippen molar-refractivity contribution < 1.29 is 37.8 Å². The van der Waals surface area contributed by atoms with Crippen molar-refractivity contribution in [3.05, 3.63) is 40.8 Å². The van der Waals surface area contributed by atoms with Crippen LogP contribution in [0, 0.1) is 0 Å². The average molecular weight is 441 g/mol. The molecule has 2 rings (SSSR count). The molecule has 0 saturated heterocycles. The van der Waals surface area contributed by atoms with Gasteiger partial charge in [0.2, 0.25) is 15.9 Å². The minimum atomic E-state index is -3.95. The maximum absolute atomic E-state index is 12.4. The number of carboxylic acid groups (broad SMARTS) is 2. The molecule has 0 bridgehead atoms. The first-order valence-electron chi connectivity index (χ1n) is 7.77. The Morgan fingerprint density at radius 2 is 1.66 bits per heavy atom. The lowest BCUT2D eigenvalue weighted by Gasteiger charge is -2.07. The van der Waals surface area contributed by atoms with Crippen LogP contribution in [0.15, 0.2) is 35.2 Å². The number of thiophene rings is 1. The zero-order valence-corrected chi connectivity index (χ0v) is 16.4. The lowest BCUT2D eigenvalue weighted by molar-refractivity contribution is -0.147. The van der Waals surface area contributed by atoms with Crippen molar-refractivity contribution in [2.45, 2.75) is 18.4 Å². The predicted molar refractivity (Wildman–Crippen MR) is 102 cm³/mol. The van der Waals surface area contributed by atoms with E-state index in [1.54, 1.807) is 0 Å². The van der Waals surface area contributed by atoms with Crippen LogP contribution in [-0.2, 0) is 31.0 Å². The van der Waals surface area contributed by atoms with Gasteiger partial charge in [0, 0.05) is 24.0 Å². The van der Waals surface area contributed by atoms with Crippen LogP contribution in [0.2, 0.25) is 0 Å². The highest BCUT2D eigenvalue weighted by molar-refractivity contribution is 7.89. The van der Waals surface area contributed by atoms with Crippen LogP contribution in [0.3, 0.4) is 0 Å². The van der Waals surface area contributed by atoms with E-state index in [4.69, 9.17) is 10.2 Å². The van der Waals surface area contributed by atoms with Crippen molar-refractivity contribution in [3.63, 3.8) is 0 Å². The molecule has 11 nitrogen and oxygen atoms in total. The van der Waals surface area contributed by atoms with E-state index in [0.29, 0.717) is 5.69 Å². The summed E-state index contributed by atoms with van der Waals surface area (Å²) >= 11 is 0.728. The SMILES string of the molecule is CC(=O)Nc1ccc(S(=O)(=O)NCc2cc(C(=O)O)c(NC(=O)C(=O)O)s2)cc1. The summed E-state index contributed by atoms with van der Waals surface area (Å²) < 4.78 is 27.0. The fraction of sp³-hybridized carbons (Fsp3) is 0.125. The molecule has 0 atom stereocenters. The van der Waals surface area contributed by atoms with Crippen LogP contribution in [-0.4, -0.2) is 42.4 Å². The summed E-state index contributed by atoms with van der Waals surface area (Å²) in [5.41, 5.74) is 0.0538. The number of aromatic carboxylic acids is 1. The van der Waals surface area contributed by atoms with Gasteiger partial charge in [0.05, 0.1) is 10.5 Å². The molecule has 0 saturated carbocycles. The normalized spacial score (nSPS) is 10.9. The van der Waals surface area contributed by atoms with Crippen molar-refractivity contribution in [1.82, 2.24) is 4.72 Å². The van der Waals surface area contributed by atoms with Crippen LogP contribution < -0.4 is 15.4 Å². The second-order valence-electron chi connectivity index (χ2n) is 5.55. The Kier molecular flexibility index (Phi) is 6.68. The monoisotopic (exact) mass is 441 g/mol. The number of amides is 2. The number of carbonyl (C=O) groups is 4. The fourth-order valence-corrected chi connectivity index (χ4v) is 4.19. The van der Waals surface area contributed by atoms with Gasteiger partial charge in [0.1, 0.15) is 5.00 Å². The topological polar surface area (TPSA) is 179 Å². The molecule has 29 heavy (non-hydrogen) atoms. The molecule has 0 aliphatic carbocycles. The van der Waals surface area contributed by atoms with Gasteiger partial charge in [-0.3, -0.25) is 9.59 Å². The molecule has 0 radical (unpaired) electrons. The number of aliphatic carboxylic acids is 1. The Balaban J connectivity index is 2.15. The number of sulfonamides is 1. The maximum Gasteiger partial charge on any atom is 0.394 e. The third-order valence-corrected chi connectivity index (χ3v) is 5.82. The van der Waals surface area contributed by atoms with E-state index in [-0.39, 0.29) is 32.8 Å². The van der Waals surface area contributed by atoms with Gasteiger partial charge >= 0.3 is 17.8 Å². The van der Waals surface area contributed by atoms with E-state index >= 15 is 0 Å². The van der Waals surface area contributed by atoms with E-state index in [0.717, 1.165) is 17.4 Å². The van der Waals surface area contributed by atoms with Crippen molar-refractivity contribution in [2.75, 3.05) is 10.6 Å². The molecule has 0 unspecified atom stereocenters. The van der Waals surface area contributed by atoms with Gasteiger partial charge in [-0.2, -0.15) is 0 Å². The first-order chi connectivity index (χ1) is 13.5. The predicted octanol–water partition coefficient (Wildman–Crippen LogP) is 0.906. The molecule has 0 aliphatic rings. The second-order valence-corrected chi connectivity index (χ2v) is 8.45. The standard InChI is InChI=1S/C16H15N3O8S2/c1-8(20)18-9-2-4-11(5-3-9)29(26,27)17-7-10-6-12(15(22)23)14(28-10)19-13(21)16(24)25/h2-6,17H,7H2,1H3,(H,18,20)(H,19,21)(H,22,23)(H,24,25). The number of carboxylic acids is 2. The minimum Gasteiger partial charge on any atom is -0.478 e.